The molecule has 2 aromatic carbocycles. The van der Waals surface area contributed by atoms with Gasteiger partial charge in [0.1, 0.15) is 11.5 Å². The molecule has 1 aliphatic heterocycles. The Morgan fingerprint density at radius 1 is 1.12 bits per heavy atom. The molecule has 5 nitrogen and oxygen atoms in total. The number of rotatable bonds is 5. The van der Waals surface area contributed by atoms with Crippen LogP contribution in [0.15, 0.2) is 36.4 Å². The zero-order valence-electron chi connectivity index (χ0n) is 15.0. The van der Waals surface area contributed by atoms with Crippen molar-refractivity contribution >= 4 is 17.3 Å². The lowest BCUT2D eigenvalue weighted by atomic mass is 9.99. The van der Waals surface area contributed by atoms with Gasteiger partial charge in [-0.1, -0.05) is 17.7 Å². The first-order valence-corrected chi connectivity index (χ1v) is 8.46. The van der Waals surface area contributed by atoms with Crippen LogP contribution in [0.3, 0.4) is 0 Å². The van der Waals surface area contributed by atoms with Crippen LogP contribution >= 0.6 is 0 Å². The number of hydrogen-bond donors (Lipinski definition) is 1. The highest BCUT2D eigenvalue weighted by atomic mass is 16.5. The Bertz CT molecular complexity index is 751. The predicted octanol–water partition coefficient (Wildman–Crippen LogP) is 3.40. The van der Waals surface area contributed by atoms with Crippen LogP contribution in [0.2, 0.25) is 0 Å². The smallest absolute Gasteiger partial charge is 0.243 e. The van der Waals surface area contributed by atoms with Crippen molar-refractivity contribution in [2.75, 3.05) is 37.5 Å². The first kappa shape index (κ1) is 17.1. The lowest BCUT2D eigenvalue weighted by molar-refractivity contribution is -0.115. The summed E-state index contributed by atoms with van der Waals surface area (Å²) in [6, 6.07) is 11.8. The van der Waals surface area contributed by atoms with E-state index in [0.717, 1.165) is 25.1 Å². The summed E-state index contributed by atoms with van der Waals surface area (Å²) in [4.78, 5) is 14.7. The van der Waals surface area contributed by atoms with Crippen LogP contribution in [0.4, 0.5) is 11.4 Å². The molecule has 0 saturated carbocycles. The number of carbonyl (C=O) groups is 1. The fraction of sp³-hybridized carbons (Fsp3) is 0.350. The first-order chi connectivity index (χ1) is 12.1. The molecule has 25 heavy (non-hydrogen) atoms. The van der Waals surface area contributed by atoms with Crippen molar-refractivity contribution in [2.45, 2.75) is 19.8 Å². The molecule has 1 amide bonds. The van der Waals surface area contributed by atoms with Gasteiger partial charge in [-0.15, -0.1) is 0 Å². The Morgan fingerprint density at radius 2 is 1.84 bits per heavy atom. The van der Waals surface area contributed by atoms with Gasteiger partial charge in [0.05, 0.1) is 20.8 Å². The van der Waals surface area contributed by atoms with Crippen molar-refractivity contribution in [2.24, 2.45) is 0 Å². The molecule has 0 fully saturated rings. The summed E-state index contributed by atoms with van der Waals surface area (Å²) in [5.74, 6) is 1.24. The molecule has 0 unspecified atom stereocenters. The van der Waals surface area contributed by atoms with E-state index < -0.39 is 0 Å². The van der Waals surface area contributed by atoms with E-state index in [1.807, 2.05) is 0 Å². The molecule has 3 rings (SSSR count). The predicted molar refractivity (Wildman–Crippen MR) is 99.9 cm³/mol. The average Bonchev–Trinajstić information content (AvgIpc) is 2.61. The van der Waals surface area contributed by atoms with E-state index in [4.69, 9.17) is 9.47 Å². The van der Waals surface area contributed by atoms with Gasteiger partial charge in [0.2, 0.25) is 5.91 Å². The third-order valence-electron chi connectivity index (χ3n) is 4.42. The van der Waals surface area contributed by atoms with Gasteiger partial charge in [-0.05, 0) is 31.4 Å². The van der Waals surface area contributed by atoms with Gasteiger partial charge >= 0.3 is 0 Å². The fourth-order valence-electron chi connectivity index (χ4n) is 3.22. The standard InChI is InChI=1S/C20H24N2O3/c1-14-6-7-19-15(9-14)5-4-8-22(19)13-20(23)21-16-10-17(24-2)12-18(11-16)25-3/h6-7,9-12H,4-5,8,13H2,1-3H3,(H,21,23). The van der Waals surface area contributed by atoms with E-state index >= 15 is 0 Å². The second-order valence-corrected chi connectivity index (χ2v) is 6.31. The number of fused-ring (bicyclic) bond motifs is 1. The number of amides is 1. The zero-order valence-corrected chi connectivity index (χ0v) is 15.0. The number of nitrogens with one attached hydrogen (secondary N) is 1. The third kappa shape index (κ3) is 4.05. The van der Waals surface area contributed by atoms with Crippen LogP contribution < -0.4 is 19.7 Å². The fourth-order valence-corrected chi connectivity index (χ4v) is 3.22. The largest absolute Gasteiger partial charge is 0.497 e. The summed E-state index contributed by atoms with van der Waals surface area (Å²) in [5, 5.41) is 2.94. The zero-order chi connectivity index (χ0) is 17.8. The average molecular weight is 340 g/mol. The summed E-state index contributed by atoms with van der Waals surface area (Å²) in [5.41, 5.74) is 4.41. The molecular formula is C20H24N2O3. The van der Waals surface area contributed by atoms with Crippen LogP contribution in [0.5, 0.6) is 11.5 Å². The van der Waals surface area contributed by atoms with Crippen LogP contribution in [0, 0.1) is 6.92 Å². The van der Waals surface area contributed by atoms with Crippen molar-refractivity contribution in [3.05, 3.63) is 47.5 Å². The highest BCUT2D eigenvalue weighted by Crippen LogP contribution is 2.28. The molecule has 1 aliphatic rings. The SMILES string of the molecule is COc1cc(NC(=O)CN2CCCc3cc(C)ccc32)cc(OC)c1. The molecule has 0 radical (unpaired) electrons. The molecular weight excluding hydrogens is 316 g/mol. The Kier molecular flexibility index (Phi) is 5.12. The maximum absolute atomic E-state index is 12.5. The van der Waals surface area contributed by atoms with Crippen molar-refractivity contribution in [1.29, 1.82) is 0 Å². The van der Waals surface area contributed by atoms with E-state index in [2.05, 4.69) is 35.3 Å². The minimum absolute atomic E-state index is 0.0521. The van der Waals surface area contributed by atoms with E-state index in [9.17, 15) is 4.79 Å². The van der Waals surface area contributed by atoms with E-state index in [0.29, 0.717) is 23.7 Å². The lowest BCUT2D eigenvalue weighted by Crippen LogP contribution is -2.36. The molecule has 1 N–H and O–H groups in total. The van der Waals surface area contributed by atoms with E-state index in [1.165, 1.54) is 11.1 Å². The minimum atomic E-state index is -0.0521. The van der Waals surface area contributed by atoms with Crippen molar-refractivity contribution in [3.63, 3.8) is 0 Å². The molecule has 0 aromatic heterocycles. The monoisotopic (exact) mass is 340 g/mol. The van der Waals surface area contributed by atoms with Crippen molar-refractivity contribution in [3.8, 4) is 11.5 Å². The second kappa shape index (κ2) is 7.47. The highest BCUT2D eigenvalue weighted by Gasteiger charge is 2.19. The van der Waals surface area contributed by atoms with E-state index in [1.54, 1.807) is 32.4 Å². The number of ether oxygens (including phenoxy) is 2. The maximum Gasteiger partial charge on any atom is 0.243 e. The molecule has 0 atom stereocenters. The van der Waals surface area contributed by atoms with Crippen LogP contribution in [-0.4, -0.2) is 33.2 Å². The quantitative estimate of drug-likeness (QED) is 0.906. The van der Waals surface area contributed by atoms with Gasteiger partial charge in [-0.25, -0.2) is 0 Å². The first-order valence-electron chi connectivity index (χ1n) is 8.46. The van der Waals surface area contributed by atoms with E-state index in [-0.39, 0.29) is 5.91 Å². The normalized spacial score (nSPS) is 13.2. The van der Waals surface area contributed by atoms with Crippen molar-refractivity contribution in [1.82, 2.24) is 0 Å². The van der Waals surface area contributed by atoms with Gasteiger partial charge in [-0.3, -0.25) is 4.79 Å². The summed E-state index contributed by atoms with van der Waals surface area (Å²) in [7, 11) is 3.18. The molecule has 0 saturated heterocycles. The lowest BCUT2D eigenvalue weighted by Gasteiger charge is -2.31. The van der Waals surface area contributed by atoms with Gasteiger partial charge in [-0.2, -0.15) is 0 Å². The second-order valence-electron chi connectivity index (χ2n) is 6.31. The highest BCUT2D eigenvalue weighted by molar-refractivity contribution is 5.94. The Hall–Kier alpha value is -2.69. The summed E-state index contributed by atoms with van der Waals surface area (Å²) < 4.78 is 10.5. The molecule has 0 bridgehead atoms. The molecule has 2 aromatic rings. The number of anilines is 2. The van der Waals surface area contributed by atoms with Gasteiger partial charge in [0, 0.05) is 36.1 Å². The van der Waals surface area contributed by atoms with Crippen LogP contribution in [0.1, 0.15) is 17.5 Å². The number of hydrogen-bond acceptors (Lipinski definition) is 4. The van der Waals surface area contributed by atoms with Gasteiger partial charge in [0.25, 0.3) is 0 Å². The van der Waals surface area contributed by atoms with Crippen LogP contribution in [-0.2, 0) is 11.2 Å². The number of nitrogens with zero attached hydrogens (tertiary/aromatic N) is 1. The number of aryl methyl sites for hydroxylation is 2. The summed E-state index contributed by atoms with van der Waals surface area (Å²) >= 11 is 0. The number of methoxy groups -OCH3 is 2. The molecule has 0 aliphatic carbocycles. The third-order valence-corrected chi connectivity index (χ3v) is 4.42. The molecule has 1 heterocycles. The Labute approximate surface area is 148 Å². The molecule has 5 heteroatoms. The van der Waals surface area contributed by atoms with Gasteiger partial charge < -0.3 is 19.7 Å². The number of carbonyl (C=O) groups excluding carboxylic acids is 1. The van der Waals surface area contributed by atoms with Gasteiger partial charge in [0.15, 0.2) is 0 Å². The molecule has 0 spiro atoms. The summed E-state index contributed by atoms with van der Waals surface area (Å²) in [6.45, 7) is 3.32. The Balaban J connectivity index is 1.72. The minimum Gasteiger partial charge on any atom is -0.497 e. The van der Waals surface area contributed by atoms with Crippen LogP contribution in [0.25, 0.3) is 0 Å². The molecule has 132 valence electrons. The van der Waals surface area contributed by atoms with Crippen molar-refractivity contribution < 1.29 is 14.3 Å². The maximum atomic E-state index is 12.5. The summed E-state index contributed by atoms with van der Waals surface area (Å²) in [6.07, 6.45) is 2.14. The number of benzene rings is 2. The topological polar surface area (TPSA) is 50.8 Å². The Morgan fingerprint density at radius 3 is 2.52 bits per heavy atom.